The maximum Gasteiger partial charge on any atom is 0.227 e. The minimum Gasteiger partial charge on any atom is -0.456 e. The van der Waals surface area contributed by atoms with Gasteiger partial charge in [-0.25, -0.2) is 4.98 Å². The molecule has 5 heteroatoms. The van der Waals surface area contributed by atoms with Crippen molar-refractivity contribution >= 4 is 82.7 Å². The van der Waals surface area contributed by atoms with E-state index in [0.717, 1.165) is 66.8 Å². The molecule has 3 heterocycles. The van der Waals surface area contributed by atoms with Crippen molar-refractivity contribution in [3.05, 3.63) is 176 Å². The van der Waals surface area contributed by atoms with E-state index >= 15 is 0 Å². The Kier molecular flexibility index (Phi) is 6.18. The van der Waals surface area contributed by atoms with Crippen molar-refractivity contribution in [1.82, 2.24) is 9.55 Å². The van der Waals surface area contributed by atoms with Crippen molar-refractivity contribution in [2.24, 2.45) is 0 Å². The molecule has 52 heavy (non-hydrogen) atoms. The van der Waals surface area contributed by atoms with Crippen LogP contribution in [0.3, 0.4) is 0 Å². The van der Waals surface area contributed by atoms with Gasteiger partial charge in [-0.05, 0) is 83.6 Å². The smallest absolute Gasteiger partial charge is 0.227 e. The summed E-state index contributed by atoms with van der Waals surface area (Å²) in [6.45, 7) is 0. The number of anilines is 3. The zero-order chi connectivity index (χ0) is 34.2. The fourth-order valence-electron chi connectivity index (χ4n) is 7.87. The van der Waals surface area contributed by atoms with E-state index in [-0.39, 0.29) is 0 Å². The van der Waals surface area contributed by atoms with Crippen molar-refractivity contribution in [2.45, 2.75) is 0 Å². The van der Waals surface area contributed by atoms with Crippen LogP contribution < -0.4 is 4.90 Å². The fraction of sp³-hybridized carbons (Fsp3) is 0. The molecule has 0 N–H and O–H groups in total. The Morgan fingerprint density at radius 3 is 2.06 bits per heavy atom. The quantitative estimate of drug-likeness (QED) is 0.183. The normalized spacial score (nSPS) is 11.8. The topological polar surface area (TPSA) is 47.3 Å². The van der Waals surface area contributed by atoms with E-state index < -0.39 is 0 Å². The van der Waals surface area contributed by atoms with Crippen LogP contribution in [0.25, 0.3) is 82.8 Å². The summed E-state index contributed by atoms with van der Waals surface area (Å²) in [5.41, 5.74) is 10.3. The Hall–Kier alpha value is -7.11. The molecule has 0 saturated carbocycles. The second-order valence-corrected chi connectivity index (χ2v) is 13.2. The van der Waals surface area contributed by atoms with Gasteiger partial charge in [0.1, 0.15) is 16.7 Å². The lowest BCUT2D eigenvalue weighted by molar-refractivity contribution is 0.620. The van der Waals surface area contributed by atoms with Crippen LogP contribution >= 0.6 is 0 Å². The predicted molar refractivity (Wildman–Crippen MR) is 213 cm³/mol. The van der Waals surface area contributed by atoms with Crippen LogP contribution in [-0.4, -0.2) is 9.55 Å². The van der Waals surface area contributed by atoms with Crippen LogP contribution in [0.1, 0.15) is 0 Å². The van der Waals surface area contributed by atoms with Crippen molar-refractivity contribution in [3.8, 4) is 17.1 Å². The third-order valence-corrected chi connectivity index (χ3v) is 10.2. The summed E-state index contributed by atoms with van der Waals surface area (Å²) < 4.78 is 15.4. The summed E-state index contributed by atoms with van der Waals surface area (Å²) in [7, 11) is 0. The minimum absolute atomic E-state index is 0.585. The second kappa shape index (κ2) is 11.2. The molecule has 0 aliphatic carbocycles. The monoisotopic (exact) mass is 667 g/mol. The van der Waals surface area contributed by atoms with Crippen LogP contribution in [0.4, 0.5) is 17.1 Å². The second-order valence-electron chi connectivity index (χ2n) is 13.2. The first-order valence-electron chi connectivity index (χ1n) is 17.5. The summed E-state index contributed by atoms with van der Waals surface area (Å²) in [6.07, 6.45) is 0. The summed E-state index contributed by atoms with van der Waals surface area (Å²) in [5, 5.41) is 7.06. The fourth-order valence-corrected chi connectivity index (χ4v) is 7.87. The van der Waals surface area contributed by atoms with Gasteiger partial charge in [-0.3, -0.25) is 0 Å². The van der Waals surface area contributed by atoms with E-state index in [0.29, 0.717) is 11.5 Å². The zero-order valence-electron chi connectivity index (χ0n) is 27.9. The van der Waals surface area contributed by atoms with Gasteiger partial charge in [0.25, 0.3) is 0 Å². The van der Waals surface area contributed by atoms with Crippen LogP contribution in [0, 0.1) is 0 Å². The molecular formula is C47H29N3O2. The first-order chi connectivity index (χ1) is 25.8. The van der Waals surface area contributed by atoms with Crippen LogP contribution in [0.2, 0.25) is 0 Å². The highest BCUT2D eigenvalue weighted by Gasteiger charge is 2.23. The number of hydrogen-bond donors (Lipinski definition) is 0. The SMILES string of the molecule is c1ccc(-c2nc3cccc(N(c4ccc5c(c4)oc4ccccc45)c4ccc5c6c7ccccc7ccc6n(-c6ccccc6)c5c4)c3o2)cc1. The first kappa shape index (κ1) is 28.7. The molecule has 11 rings (SSSR count). The molecule has 8 aromatic carbocycles. The van der Waals surface area contributed by atoms with Gasteiger partial charge >= 0.3 is 0 Å². The van der Waals surface area contributed by atoms with Gasteiger partial charge in [0.05, 0.1) is 22.4 Å². The first-order valence-corrected chi connectivity index (χ1v) is 17.5. The Balaban J connectivity index is 1.21. The number of hydrogen-bond acceptors (Lipinski definition) is 4. The van der Waals surface area contributed by atoms with E-state index in [2.05, 4.69) is 131 Å². The van der Waals surface area contributed by atoms with Crippen LogP contribution in [0.5, 0.6) is 0 Å². The lowest BCUT2D eigenvalue weighted by atomic mass is 10.0. The molecule has 0 amide bonds. The molecule has 0 bridgehead atoms. The highest BCUT2D eigenvalue weighted by molar-refractivity contribution is 6.22. The van der Waals surface area contributed by atoms with Gasteiger partial charge in [0, 0.05) is 44.5 Å². The Bertz CT molecular complexity index is 3140. The van der Waals surface area contributed by atoms with Crippen LogP contribution in [-0.2, 0) is 0 Å². The van der Waals surface area contributed by atoms with Gasteiger partial charge in [-0.1, -0.05) is 97.1 Å². The number of para-hydroxylation sites is 3. The summed E-state index contributed by atoms with van der Waals surface area (Å²) in [4.78, 5) is 7.20. The average Bonchev–Trinajstić information content (AvgIpc) is 3.91. The Morgan fingerprint density at radius 1 is 0.481 bits per heavy atom. The lowest BCUT2D eigenvalue weighted by Crippen LogP contribution is -2.10. The number of oxazole rings is 1. The molecular weight excluding hydrogens is 639 g/mol. The molecule has 11 aromatic rings. The van der Waals surface area contributed by atoms with E-state index in [4.69, 9.17) is 13.8 Å². The Morgan fingerprint density at radius 2 is 1.19 bits per heavy atom. The number of nitrogens with zero attached hydrogens (tertiary/aromatic N) is 3. The molecule has 0 radical (unpaired) electrons. The van der Waals surface area contributed by atoms with Crippen molar-refractivity contribution in [1.29, 1.82) is 0 Å². The molecule has 0 saturated heterocycles. The van der Waals surface area contributed by atoms with Crippen molar-refractivity contribution < 1.29 is 8.83 Å². The highest BCUT2D eigenvalue weighted by atomic mass is 16.3. The highest BCUT2D eigenvalue weighted by Crippen LogP contribution is 2.45. The molecule has 5 nitrogen and oxygen atoms in total. The molecule has 0 unspecified atom stereocenters. The van der Waals surface area contributed by atoms with Crippen molar-refractivity contribution in [3.63, 3.8) is 0 Å². The molecule has 0 fully saturated rings. The standard InChI is InChI=1S/C47H29N3O2/c1-3-13-31(14-4-1)47-48-39-19-11-20-41(46(39)52-47)49(34-23-25-37-36-18-9-10-21-43(36)51-44(37)29-34)33-24-26-38-42(28-33)50(32-15-5-2-6-16-32)40-27-22-30-12-7-8-17-35(30)45(38)40/h1-29H. The molecule has 244 valence electrons. The summed E-state index contributed by atoms with van der Waals surface area (Å²) in [5.74, 6) is 0.585. The largest absolute Gasteiger partial charge is 0.456 e. The van der Waals surface area contributed by atoms with E-state index in [1.807, 2.05) is 54.6 Å². The van der Waals surface area contributed by atoms with Gasteiger partial charge in [0.2, 0.25) is 5.89 Å². The number of furan rings is 1. The molecule has 0 atom stereocenters. The number of aromatic nitrogens is 2. The number of fused-ring (bicyclic) bond motifs is 9. The molecule has 3 aromatic heterocycles. The molecule has 0 spiro atoms. The number of benzene rings is 8. The van der Waals surface area contributed by atoms with Crippen molar-refractivity contribution in [2.75, 3.05) is 4.90 Å². The minimum atomic E-state index is 0.585. The predicted octanol–water partition coefficient (Wildman–Crippen LogP) is 13.1. The average molecular weight is 668 g/mol. The van der Waals surface area contributed by atoms with Gasteiger partial charge in [-0.15, -0.1) is 0 Å². The van der Waals surface area contributed by atoms with Gasteiger partial charge in [-0.2, -0.15) is 0 Å². The summed E-state index contributed by atoms with van der Waals surface area (Å²) >= 11 is 0. The maximum atomic E-state index is 6.64. The molecule has 0 aliphatic heterocycles. The van der Waals surface area contributed by atoms with E-state index in [1.54, 1.807) is 0 Å². The van der Waals surface area contributed by atoms with Crippen LogP contribution in [0.15, 0.2) is 185 Å². The zero-order valence-corrected chi connectivity index (χ0v) is 27.9. The van der Waals surface area contributed by atoms with Gasteiger partial charge < -0.3 is 18.3 Å². The lowest BCUT2D eigenvalue weighted by Gasteiger charge is -2.25. The van der Waals surface area contributed by atoms with E-state index in [9.17, 15) is 0 Å². The van der Waals surface area contributed by atoms with Gasteiger partial charge in [0.15, 0.2) is 5.58 Å². The summed E-state index contributed by atoms with van der Waals surface area (Å²) in [6, 6.07) is 61.4. The van der Waals surface area contributed by atoms with E-state index in [1.165, 1.54) is 21.5 Å². The maximum absolute atomic E-state index is 6.64. The third-order valence-electron chi connectivity index (χ3n) is 10.2. The molecule has 0 aliphatic rings. The third kappa shape index (κ3) is 4.33. The number of rotatable bonds is 5. The Labute approximate surface area is 298 Å².